The summed E-state index contributed by atoms with van der Waals surface area (Å²) in [6.45, 7) is 8.63. The van der Waals surface area contributed by atoms with Crippen molar-refractivity contribution in [2.24, 2.45) is 0 Å². The molecule has 1 aromatic heterocycles. The van der Waals surface area contributed by atoms with Crippen molar-refractivity contribution in [3.05, 3.63) is 30.1 Å². The van der Waals surface area contributed by atoms with Gasteiger partial charge in [0.2, 0.25) is 0 Å². The molecule has 0 aliphatic rings. The number of nitrogens with zero attached hydrogens (tertiary/aromatic N) is 2. The van der Waals surface area contributed by atoms with Crippen molar-refractivity contribution in [2.45, 2.75) is 23.1 Å². The molecule has 0 saturated carbocycles. The first-order chi connectivity index (χ1) is 6.63. The second-order valence-electron chi connectivity index (χ2n) is 2.73. The van der Waals surface area contributed by atoms with Gasteiger partial charge in [-0.3, -0.25) is 0 Å². The van der Waals surface area contributed by atoms with Crippen molar-refractivity contribution in [1.29, 1.82) is 0 Å². The predicted molar refractivity (Wildman–Crippen MR) is 68.2 cm³/mol. The van der Waals surface area contributed by atoms with E-state index in [1.54, 1.807) is 12.2 Å². The van der Waals surface area contributed by atoms with E-state index in [1.165, 1.54) is 0 Å². The molecular weight excluding hydrogens is 232 g/mol. The maximum atomic E-state index is 5.26. The molecule has 14 heavy (non-hydrogen) atoms. The Morgan fingerprint density at radius 2 is 1.43 bits per heavy atom. The zero-order valence-corrected chi connectivity index (χ0v) is 10.3. The maximum absolute atomic E-state index is 5.26. The maximum Gasteiger partial charge on any atom is 0.182 e. The van der Waals surface area contributed by atoms with Crippen LogP contribution < -0.4 is 0 Å². The highest BCUT2D eigenvalue weighted by Gasteiger charge is 2.09. The van der Waals surface area contributed by atoms with Crippen LogP contribution in [0.4, 0.5) is 0 Å². The molecule has 76 valence electrons. The summed E-state index contributed by atoms with van der Waals surface area (Å²) >= 11 is 14.0. The van der Waals surface area contributed by atoms with E-state index < -0.39 is 0 Å². The van der Waals surface area contributed by atoms with Crippen LogP contribution in [-0.2, 0) is 13.1 Å². The molecule has 5 heteroatoms. The van der Waals surface area contributed by atoms with Gasteiger partial charge in [0.15, 0.2) is 4.77 Å². The van der Waals surface area contributed by atoms with E-state index in [0.717, 1.165) is 10.1 Å². The fraction of sp³-hybridized carbons (Fsp3) is 0.222. The highest BCUT2D eigenvalue weighted by molar-refractivity contribution is 7.83. The Hall–Kier alpha value is -0.390. The van der Waals surface area contributed by atoms with Crippen molar-refractivity contribution in [3.8, 4) is 0 Å². The molecular formula is C9H12N2S3. The lowest BCUT2D eigenvalue weighted by molar-refractivity contribution is 0.701. The van der Waals surface area contributed by atoms with E-state index in [9.17, 15) is 0 Å². The molecule has 0 unspecified atom stereocenters. The standard InChI is InChI=1S/C9H12N2S3/c1-3-5-10-7(12)8(13)11(6-4-2)9(10)14/h3-4,12-13H,1-2,5-6H2. The Morgan fingerprint density at radius 3 is 1.71 bits per heavy atom. The van der Waals surface area contributed by atoms with Gasteiger partial charge in [-0.1, -0.05) is 12.2 Å². The minimum Gasteiger partial charge on any atom is -0.307 e. The zero-order valence-electron chi connectivity index (χ0n) is 7.68. The summed E-state index contributed by atoms with van der Waals surface area (Å²) in [7, 11) is 0. The highest BCUT2D eigenvalue weighted by Crippen LogP contribution is 2.21. The van der Waals surface area contributed by atoms with Gasteiger partial charge in [0.1, 0.15) is 10.1 Å². The molecule has 0 radical (unpaired) electrons. The number of imidazole rings is 1. The van der Waals surface area contributed by atoms with Crippen LogP contribution in [0.3, 0.4) is 0 Å². The quantitative estimate of drug-likeness (QED) is 0.470. The predicted octanol–water partition coefficient (Wildman–Crippen LogP) is 2.97. The highest BCUT2D eigenvalue weighted by atomic mass is 32.1. The van der Waals surface area contributed by atoms with Crippen molar-refractivity contribution in [3.63, 3.8) is 0 Å². The lowest BCUT2D eigenvalue weighted by Crippen LogP contribution is -1.99. The molecule has 0 aromatic carbocycles. The SMILES string of the molecule is C=CCn1c(S)c(S)n(CC=C)c1=S. The normalized spacial score (nSPS) is 10.1. The van der Waals surface area contributed by atoms with Gasteiger partial charge in [-0.15, -0.1) is 38.4 Å². The van der Waals surface area contributed by atoms with Crippen molar-refractivity contribution >= 4 is 37.5 Å². The minimum absolute atomic E-state index is 0.648. The van der Waals surface area contributed by atoms with Crippen LogP contribution in [0.15, 0.2) is 35.4 Å². The third kappa shape index (κ3) is 1.99. The third-order valence-electron chi connectivity index (χ3n) is 1.80. The number of rotatable bonds is 4. The molecule has 2 nitrogen and oxygen atoms in total. The number of hydrogen-bond acceptors (Lipinski definition) is 3. The molecule has 0 fully saturated rings. The van der Waals surface area contributed by atoms with E-state index in [1.807, 2.05) is 9.13 Å². The molecule has 1 rings (SSSR count). The fourth-order valence-electron chi connectivity index (χ4n) is 1.16. The molecule has 0 spiro atoms. The van der Waals surface area contributed by atoms with Crippen LogP contribution in [0.1, 0.15) is 0 Å². The topological polar surface area (TPSA) is 9.86 Å². The molecule has 0 amide bonds. The number of aromatic nitrogens is 2. The van der Waals surface area contributed by atoms with Crippen molar-refractivity contribution in [1.82, 2.24) is 9.13 Å². The van der Waals surface area contributed by atoms with Gasteiger partial charge in [-0.05, 0) is 12.2 Å². The molecule has 0 saturated heterocycles. The summed E-state index contributed by atoms with van der Waals surface area (Å²) in [5.41, 5.74) is 0. The summed E-state index contributed by atoms with van der Waals surface area (Å²) in [4.78, 5) is 0. The number of allylic oxidation sites excluding steroid dienone is 2. The molecule has 0 N–H and O–H groups in total. The Labute approximate surface area is 99.8 Å². The van der Waals surface area contributed by atoms with E-state index in [4.69, 9.17) is 12.2 Å². The third-order valence-corrected chi connectivity index (χ3v) is 3.32. The van der Waals surface area contributed by atoms with E-state index in [2.05, 4.69) is 38.4 Å². The average Bonchev–Trinajstić information content (AvgIpc) is 2.36. The van der Waals surface area contributed by atoms with Crippen LogP contribution >= 0.6 is 37.5 Å². The second kappa shape index (κ2) is 4.91. The molecule has 0 aliphatic heterocycles. The smallest absolute Gasteiger partial charge is 0.182 e. The summed E-state index contributed by atoms with van der Waals surface area (Å²) in [5.74, 6) is 0. The van der Waals surface area contributed by atoms with Crippen molar-refractivity contribution in [2.75, 3.05) is 0 Å². The first-order valence-corrected chi connectivity index (χ1v) is 5.36. The zero-order chi connectivity index (χ0) is 10.7. The summed E-state index contributed by atoms with van der Waals surface area (Å²) in [5, 5.41) is 1.53. The van der Waals surface area contributed by atoms with Gasteiger partial charge in [0.05, 0.1) is 0 Å². The first kappa shape index (κ1) is 11.7. The monoisotopic (exact) mass is 244 g/mol. The van der Waals surface area contributed by atoms with Gasteiger partial charge in [-0.2, -0.15) is 0 Å². The Bertz CT molecular complexity index is 378. The molecule has 1 heterocycles. The Kier molecular flexibility index (Phi) is 4.10. The fourth-order valence-corrected chi connectivity index (χ4v) is 2.22. The lowest BCUT2D eigenvalue weighted by atomic mass is 10.6. The van der Waals surface area contributed by atoms with Crippen LogP contribution in [-0.4, -0.2) is 9.13 Å². The Balaban J connectivity index is 3.32. The van der Waals surface area contributed by atoms with Crippen LogP contribution in [0.2, 0.25) is 0 Å². The average molecular weight is 244 g/mol. The molecule has 0 bridgehead atoms. The van der Waals surface area contributed by atoms with E-state index >= 15 is 0 Å². The number of thiol groups is 2. The first-order valence-electron chi connectivity index (χ1n) is 4.06. The van der Waals surface area contributed by atoms with Crippen LogP contribution in [0, 0.1) is 4.77 Å². The van der Waals surface area contributed by atoms with Gasteiger partial charge < -0.3 is 9.13 Å². The molecule has 0 atom stereocenters. The van der Waals surface area contributed by atoms with E-state index in [0.29, 0.717) is 17.9 Å². The van der Waals surface area contributed by atoms with E-state index in [-0.39, 0.29) is 0 Å². The van der Waals surface area contributed by atoms with Gasteiger partial charge in [0, 0.05) is 13.1 Å². The van der Waals surface area contributed by atoms with Gasteiger partial charge in [-0.25, -0.2) is 0 Å². The summed E-state index contributed by atoms with van der Waals surface area (Å²) < 4.78 is 4.44. The Morgan fingerprint density at radius 1 is 1.07 bits per heavy atom. The molecule has 0 aliphatic carbocycles. The second-order valence-corrected chi connectivity index (χ2v) is 3.94. The van der Waals surface area contributed by atoms with Crippen LogP contribution in [0.25, 0.3) is 0 Å². The summed E-state index contributed by atoms with van der Waals surface area (Å²) in [6.07, 6.45) is 3.56. The van der Waals surface area contributed by atoms with Crippen molar-refractivity contribution < 1.29 is 0 Å². The molecule has 1 aromatic rings. The number of hydrogen-bond donors (Lipinski definition) is 2. The summed E-state index contributed by atoms with van der Waals surface area (Å²) in [6, 6.07) is 0. The minimum atomic E-state index is 0.648. The van der Waals surface area contributed by atoms with Gasteiger partial charge >= 0.3 is 0 Å². The van der Waals surface area contributed by atoms with Gasteiger partial charge in [0.25, 0.3) is 0 Å². The lowest BCUT2D eigenvalue weighted by Gasteiger charge is -1.99. The van der Waals surface area contributed by atoms with Crippen LogP contribution in [0.5, 0.6) is 0 Å². The largest absolute Gasteiger partial charge is 0.307 e.